The number of nitrogens with one attached hydrogen (secondary N) is 1. The maximum Gasteiger partial charge on any atom is 0.222 e. The largest absolute Gasteiger partial charge is 0.354 e. The monoisotopic (exact) mass is 259 g/mol. The van der Waals surface area contributed by atoms with Crippen LogP contribution in [0.15, 0.2) is 36.7 Å². The van der Waals surface area contributed by atoms with Gasteiger partial charge in [0.05, 0.1) is 0 Å². The van der Waals surface area contributed by atoms with E-state index in [2.05, 4.69) is 15.3 Å². The molecule has 2 rings (SSSR count). The van der Waals surface area contributed by atoms with E-state index in [4.69, 9.17) is 0 Å². The zero-order valence-corrected chi connectivity index (χ0v) is 10.6. The first-order valence-corrected chi connectivity index (χ1v) is 5.97. The summed E-state index contributed by atoms with van der Waals surface area (Å²) in [6.45, 7) is 2.03. The van der Waals surface area contributed by atoms with Crippen molar-refractivity contribution in [1.82, 2.24) is 9.97 Å². The molecule has 0 spiro atoms. The van der Waals surface area contributed by atoms with Gasteiger partial charge in [0, 0.05) is 36.5 Å². The summed E-state index contributed by atoms with van der Waals surface area (Å²) in [5.41, 5.74) is 1.09. The number of aromatic nitrogens is 2. The highest BCUT2D eigenvalue weighted by atomic mass is 19.1. The van der Waals surface area contributed by atoms with Gasteiger partial charge in [0.2, 0.25) is 5.95 Å². The molecule has 0 bridgehead atoms. The second-order valence-electron chi connectivity index (χ2n) is 4.15. The summed E-state index contributed by atoms with van der Waals surface area (Å²) in [6.07, 6.45) is 3.54. The molecule has 0 saturated heterocycles. The number of Topliss-reactive ketones (excluding diaryl/α,β-unsaturated/α-hetero) is 1. The number of anilines is 1. The third kappa shape index (κ3) is 3.58. The zero-order valence-electron chi connectivity index (χ0n) is 10.6. The number of halogens is 1. The van der Waals surface area contributed by atoms with Crippen molar-refractivity contribution in [2.24, 2.45) is 0 Å². The van der Waals surface area contributed by atoms with Crippen molar-refractivity contribution in [3.63, 3.8) is 0 Å². The first-order chi connectivity index (χ1) is 9.16. The predicted octanol–water partition coefficient (Wildman–Crippen LogP) is 2.67. The fourth-order valence-corrected chi connectivity index (χ4v) is 1.60. The van der Waals surface area contributed by atoms with Crippen molar-refractivity contribution in [1.29, 1.82) is 0 Å². The van der Waals surface area contributed by atoms with Crippen LogP contribution < -0.4 is 5.32 Å². The van der Waals surface area contributed by atoms with Crippen molar-refractivity contribution >= 4 is 11.7 Å². The number of benzene rings is 1. The molecule has 1 aromatic carbocycles. The lowest BCUT2D eigenvalue weighted by Crippen LogP contribution is -2.08. The number of nitrogens with zero attached hydrogens (tertiary/aromatic N) is 2. The third-order valence-electron chi connectivity index (χ3n) is 2.60. The zero-order chi connectivity index (χ0) is 13.7. The first-order valence-electron chi connectivity index (χ1n) is 5.97. The van der Waals surface area contributed by atoms with Crippen molar-refractivity contribution in [3.8, 4) is 11.1 Å². The molecule has 0 fully saturated rings. The summed E-state index contributed by atoms with van der Waals surface area (Å²) in [5, 5.41) is 2.93. The van der Waals surface area contributed by atoms with E-state index in [1.807, 2.05) is 0 Å². The summed E-state index contributed by atoms with van der Waals surface area (Å²) in [6, 6.07) is 6.47. The number of ketones is 1. The van der Waals surface area contributed by atoms with Crippen LogP contribution in [-0.2, 0) is 4.79 Å². The average molecular weight is 259 g/mol. The number of hydrogen-bond acceptors (Lipinski definition) is 4. The second kappa shape index (κ2) is 6.04. The van der Waals surface area contributed by atoms with Crippen LogP contribution in [-0.4, -0.2) is 22.3 Å². The second-order valence-corrected chi connectivity index (χ2v) is 4.15. The van der Waals surface area contributed by atoms with Crippen molar-refractivity contribution in [3.05, 3.63) is 42.5 Å². The summed E-state index contributed by atoms with van der Waals surface area (Å²) < 4.78 is 13.6. The van der Waals surface area contributed by atoms with Crippen molar-refractivity contribution in [2.75, 3.05) is 11.9 Å². The van der Waals surface area contributed by atoms with Gasteiger partial charge in [-0.2, -0.15) is 0 Å². The minimum absolute atomic E-state index is 0.107. The van der Waals surface area contributed by atoms with Gasteiger partial charge in [-0.1, -0.05) is 18.2 Å². The Morgan fingerprint density at radius 2 is 1.95 bits per heavy atom. The van der Waals surface area contributed by atoms with E-state index in [0.717, 1.165) is 0 Å². The van der Waals surface area contributed by atoms with E-state index in [-0.39, 0.29) is 11.6 Å². The van der Waals surface area contributed by atoms with E-state index in [0.29, 0.717) is 30.0 Å². The molecule has 0 aliphatic rings. The quantitative estimate of drug-likeness (QED) is 0.897. The topological polar surface area (TPSA) is 54.9 Å². The number of carbonyl (C=O) groups excluding carboxylic acids is 1. The summed E-state index contributed by atoms with van der Waals surface area (Å²) >= 11 is 0. The molecule has 0 aliphatic heterocycles. The Hall–Kier alpha value is -2.30. The van der Waals surface area contributed by atoms with Crippen LogP contribution in [0.25, 0.3) is 11.1 Å². The molecule has 2 aromatic rings. The van der Waals surface area contributed by atoms with Gasteiger partial charge in [-0.15, -0.1) is 0 Å². The van der Waals surface area contributed by atoms with E-state index >= 15 is 0 Å². The van der Waals surface area contributed by atoms with Crippen LogP contribution in [0.2, 0.25) is 0 Å². The van der Waals surface area contributed by atoms with E-state index in [1.165, 1.54) is 13.0 Å². The molecule has 0 unspecified atom stereocenters. The minimum Gasteiger partial charge on any atom is -0.354 e. The highest BCUT2D eigenvalue weighted by Gasteiger charge is 2.05. The smallest absolute Gasteiger partial charge is 0.222 e. The van der Waals surface area contributed by atoms with Crippen LogP contribution in [0.3, 0.4) is 0 Å². The van der Waals surface area contributed by atoms with Gasteiger partial charge < -0.3 is 5.32 Å². The lowest BCUT2D eigenvalue weighted by molar-refractivity contribution is -0.116. The molecule has 0 atom stereocenters. The van der Waals surface area contributed by atoms with Crippen LogP contribution in [0.5, 0.6) is 0 Å². The van der Waals surface area contributed by atoms with E-state index < -0.39 is 0 Å². The molecular formula is C14H14FN3O. The Kier molecular flexibility index (Phi) is 4.18. The SMILES string of the molecule is CC(=O)CCNc1ncc(-c2ccccc2F)cn1. The molecule has 19 heavy (non-hydrogen) atoms. The fourth-order valence-electron chi connectivity index (χ4n) is 1.60. The van der Waals surface area contributed by atoms with Crippen molar-refractivity contribution in [2.45, 2.75) is 13.3 Å². The van der Waals surface area contributed by atoms with Gasteiger partial charge in [-0.05, 0) is 13.0 Å². The molecule has 1 N–H and O–H groups in total. The highest BCUT2D eigenvalue weighted by Crippen LogP contribution is 2.21. The minimum atomic E-state index is -0.302. The van der Waals surface area contributed by atoms with Gasteiger partial charge in [0.15, 0.2) is 0 Å². The van der Waals surface area contributed by atoms with Gasteiger partial charge in [-0.3, -0.25) is 4.79 Å². The predicted molar refractivity (Wildman–Crippen MR) is 71.2 cm³/mol. The Bertz CT molecular complexity index is 569. The Morgan fingerprint density at radius 1 is 1.26 bits per heavy atom. The number of carbonyl (C=O) groups is 1. The first kappa shape index (κ1) is 13.1. The van der Waals surface area contributed by atoms with Gasteiger partial charge in [0.25, 0.3) is 0 Å². The Morgan fingerprint density at radius 3 is 2.58 bits per heavy atom. The molecular weight excluding hydrogens is 245 g/mol. The Labute approximate surface area is 110 Å². The molecule has 0 amide bonds. The molecule has 0 saturated carbocycles. The lowest BCUT2D eigenvalue weighted by atomic mass is 10.1. The van der Waals surface area contributed by atoms with Crippen LogP contribution in [0, 0.1) is 5.82 Å². The van der Waals surface area contributed by atoms with E-state index in [1.54, 1.807) is 30.6 Å². The van der Waals surface area contributed by atoms with Gasteiger partial charge in [-0.25, -0.2) is 14.4 Å². The standard InChI is InChI=1S/C14H14FN3O/c1-10(19)6-7-16-14-17-8-11(9-18-14)12-4-2-3-5-13(12)15/h2-5,8-9H,6-7H2,1H3,(H,16,17,18). The molecule has 1 aromatic heterocycles. The number of hydrogen-bond donors (Lipinski definition) is 1. The summed E-state index contributed by atoms with van der Waals surface area (Å²) in [4.78, 5) is 19.0. The normalized spacial score (nSPS) is 10.2. The van der Waals surface area contributed by atoms with Crippen LogP contribution >= 0.6 is 0 Å². The molecule has 0 aliphatic carbocycles. The lowest BCUT2D eigenvalue weighted by Gasteiger charge is -2.05. The van der Waals surface area contributed by atoms with Gasteiger partial charge in [0.1, 0.15) is 11.6 Å². The van der Waals surface area contributed by atoms with Gasteiger partial charge >= 0.3 is 0 Å². The Balaban J connectivity index is 2.06. The average Bonchev–Trinajstić information content (AvgIpc) is 2.40. The maximum atomic E-state index is 13.6. The van der Waals surface area contributed by atoms with Crippen LogP contribution in [0.1, 0.15) is 13.3 Å². The number of rotatable bonds is 5. The molecule has 5 heteroatoms. The fraction of sp³-hybridized carbons (Fsp3) is 0.214. The van der Waals surface area contributed by atoms with Crippen LogP contribution in [0.4, 0.5) is 10.3 Å². The maximum absolute atomic E-state index is 13.6. The van der Waals surface area contributed by atoms with E-state index in [9.17, 15) is 9.18 Å². The molecule has 0 radical (unpaired) electrons. The summed E-state index contributed by atoms with van der Waals surface area (Å²) in [7, 11) is 0. The molecule has 4 nitrogen and oxygen atoms in total. The summed E-state index contributed by atoms with van der Waals surface area (Å²) in [5.74, 6) is 0.236. The van der Waals surface area contributed by atoms with Crippen molar-refractivity contribution < 1.29 is 9.18 Å². The molecule has 98 valence electrons. The third-order valence-corrected chi connectivity index (χ3v) is 2.60. The highest BCUT2D eigenvalue weighted by molar-refractivity contribution is 5.75. The molecule has 1 heterocycles.